The van der Waals surface area contributed by atoms with Crippen molar-refractivity contribution in [2.75, 3.05) is 19.5 Å². The normalized spacial score (nSPS) is 10.8. The first kappa shape index (κ1) is 27.5. The monoisotopic (exact) mass is 590 g/mol. The van der Waals surface area contributed by atoms with Crippen LogP contribution in [0.3, 0.4) is 0 Å². The number of anilines is 1. The molecule has 0 radical (unpaired) electrons. The molecule has 2 aromatic carbocycles. The second-order valence-electron chi connectivity index (χ2n) is 8.40. The molecule has 208 valence electrons. The molecule has 4 heterocycles. The van der Waals surface area contributed by atoms with Crippen molar-refractivity contribution in [3.8, 4) is 20.9 Å². The highest BCUT2D eigenvalue weighted by Gasteiger charge is 2.19. The van der Waals surface area contributed by atoms with Crippen molar-refractivity contribution in [2.24, 2.45) is 0 Å². The quantitative estimate of drug-likeness (QED) is 0.113. The Balaban J connectivity index is 0.000000166. The fourth-order valence-corrected chi connectivity index (χ4v) is 5.92. The van der Waals surface area contributed by atoms with E-state index < -0.39 is 16.9 Å². The van der Waals surface area contributed by atoms with Crippen molar-refractivity contribution in [1.29, 1.82) is 0 Å². The highest BCUT2D eigenvalue weighted by atomic mass is 32.1. The van der Waals surface area contributed by atoms with Gasteiger partial charge >= 0.3 is 11.9 Å². The number of fused-ring (bicyclic) bond motifs is 2. The van der Waals surface area contributed by atoms with Crippen LogP contribution in [0.4, 0.5) is 11.4 Å². The number of esters is 2. The lowest BCUT2D eigenvalue weighted by molar-refractivity contribution is -0.384. The Hall–Kier alpha value is -5.08. The highest BCUT2D eigenvalue weighted by Crippen LogP contribution is 2.35. The van der Waals surface area contributed by atoms with E-state index in [-0.39, 0.29) is 18.0 Å². The van der Waals surface area contributed by atoms with Gasteiger partial charge in [-0.2, -0.15) is 0 Å². The number of nitrogens with two attached hydrogens (primary N) is 1. The molecule has 0 bridgehead atoms. The number of rotatable bonds is 6. The number of ether oxygens (including phenoxy) is 2. The summed E-state index contributed by atoms with van der Waals surface area (Å²) in [4.78, 5) is 45.1. The zero-order valence-corrected chi connectivity index (χ0v) is 23.3. The van der Waals surface area contributed by atoms with Crippen molar-refractivity contribution < 1.29 is 24.0 Å². The fourth-order valence-electron chi connectivity index (χ4n) is 3.91. The van der Waals surface area contributed by atoms with Crippen LogP contribution >= 0.6 is 22.7 Å². The summed E-state index contributed by atoms with van der Waals surface area (Å²) in [6.45, 7) is 2.01. The number of hydrogen-bond acceptors (Lipinski definition) is 11. The first-order chi connectivity index (χ1) is 19.8. The van der Waals surface area contributed by atoms with E-state index in [1.807, 2.05) is 30.5 Å². The third-order valence-electron chi connectivity index (χ3n) is 5.78. The standard InChI is InChI=1S/C14H11N3O4S.C13H11N3O2S/c1-2-21-13(18)10-7-16-8-12(22-14(16)15-10)9-5-3-4-6-11(9)17(19)20;1-18-12(17)10-6-16-7-11(19-13(16)15-10)8-4-2-3-5-9(8)14/h3-8H,2H2,1H3;2-7H,14H2,1H3. The number of nitrogens with zero attached hydrogens (tertiary/aromatic N) is 5. The van der Waals surface area contributed by atoms with Gasteiger partial charge in [0.25, 0.3) is 5.69 Å². The molecule has 0 amide bonds. The predicted octanol–water partition coefficient (Wildman–Crippen LogP) is 5.58. The van der Waals surface area contributed by atoms with Crippen molar-refractivity contribution >= 4 is 55.9 Å². The van der Waals surface area contributed by atoms with E-state index >= 15 is 0 Å². The molecule has 14 heteroatoms. The number of benzene rings is 2. The molecule has 6 aromatic rings. The molecule has 0 saturated heterocycles. The number of thiazole rings is 2. The Bertz CT molecular complexity index is 1840. The van der Waals surface area contributed by atoms with Crippen molar-refractivity contribution in [2.45, 2.75) is 6.92 Å². The number of carbonyl (C=O) groups is 2. The Morgan fingerprint density at radius 1 is 0.878 bits per heavy atom. The molecular formula is C27H22N6O6S2. The average Bonchev–Trinajstić information content (AvgIpc) is 3.73. The highest BCUT2D eigenvalue weighted by molar-refractivity contribution is 7.20. The Morgan fingerprint density at radius 2 is 1.41 bits per heavy atom. The van der Waals surface area contributed by atoms with Crippen LogP contribution in [-0.2, 0) is 9.47 Å². The molecule has 41 heavy (non-hydrogen) atoms. The lowest BCUT2D eigenvalue weighted by Gasteiger charge is -2.00. The van der Waals surface area contributed by atoms with Gasteiger partial charge in [-0.15, -0.1) is 0 Å². The largest absolute Gasteiger partial charge is 0.464 e. The fraction of sp³-hybridized carbons (Fsp3) is 0.111. The summed E-state index contributed by atoms with van der Waals surface area (Å²) in [6, 6.07) is 14.2. The predicted molar refractivity (Wildman–Crippen MR) is 155 cm³/mol. The van der Waals surface area contributed by atoms with E-state index in [2.05, 4.69) is 14.7 Å². The summed E-state index contributed by atoms with van der Waals surface area (Å²) in [5.74, 6) is -0.915. The molecule has 2 N–H and O–H groups in total. The van der Waals surface area contributed by atoms with E-state index in [9.17, 15) is 19.7 Å². The lowest BCUT2D eigenvalue weighted by Crippen LogP contribution is -2.04. The summed E-state index contributed by atoms with van der Waals surface area (Å²) in [5.41, 5.74) is 8.74. The summed E-state index contributed by atoms with van der Waals surface area (Å²) in [7, 11) is 1.34. The number of nitro groups is 1. The Kier molecular flexibility index (Phi) is 7.76. The van der Waals surface area contributed by atoms with Gasteiger partial charge in [-0.05, 0) is 19.1 Å². The van der Waals surface area contributed by atoms with Crippen LogP contribution in [-0.4, -0.2) is 49.3 Å². The number of methoxy groups -OCH3 is 1. The second-order valence-corrected chi connectivity index (χ2v) is 10.4. The smallest absolute Gasteiger partial charge is 0.358 e. The van der Waals surface area contributed by atoms with Crippen LogP contribution in [0.25, 0.3) is 30.8 Å². The topological polar surface area (TPSA) is 156 Å². The first-order valence-corrected chi connectivity index (χ1v) is 13.7. The van der Waals surface area contributed by atoms with Gasteiger partial charge in [0.2, 0.25) is 0 Å². The molecule has 0 unspecified atom stereocenters. The molecule has 0 saturated carbocycles. The number of aromatic nitrogens is 4. The van der Waals surface area contributed by atoms with Gasteiger partial charge in [0.05, 0.1) is 34.0 Å². The Morgan fingerprint density at radius 3 is 1.95 bits per heavy atom. The summed E-state index contributed by atoms with van der Waals surface area (Å²) in [6.07, 6.45) is 6.84. The van der Waals surface area contributed by atoms with Crippen LogP contribution in [0.1, 0.15) is 27.9 Å². The molecule has 12 nitrogen and oxygen atoms in total. The van der Waals surface area contributed by atoms with E-state index in [4.69, 9.17) is 10.5 Å². The number of para-hydroxylation sites is 2. The van der Waals surface area contributed by atoms with Crippen molar-refractivity contribution in [1.82, 2.24) is 18.8 Å². The van der Waals surface area contributed by atoms with Crippen molar-refractivity contribution in [3.05, 3.63) is 94.8 Å². The summed E-state index contributed by atoms with van der Waals surface area (Å²) >= 11 is 2.76. The van der Waals surface area contributed by atoms with Gasteiger partial charge in [0, 0.05) is 42.1 Å². The van der Waals surface area contributed by atoms with E-state index in [1.54, 1.807) is 52.5 Å². The van der Waals surface area contributed by atoms with Gasteiger partial charge in [-0.1, -0.05) is 53.0 Å². The van der Waals surface area contributed by atoms with Gasteiger partial charge in [-0.3, -0.25) is 18.9 Å². The molecule has 4 aromatic heterocycles. The zero-order chi connectivity index (χ0) is 29.1. The van der Waals surface area contributed by atoms with Crippen LogP contribution < -0.4 is 5.73 Å². The van der Waals surface area contributed by atoms with E-state index in [0.717, 1.165) is 21.1 Å². The molecule has 6 rings (SSSR count). The number of carbonyl (C=O) groups excluding carboxylic acids is 2. The van der Waals surface area contributed by atoms with Gasteiger partial charge < -0.3 is 15.2 Å². The van der Waals surface area contributed by atoms with E-state index in [0.29, 0.717) is 21.1 Å². The van der Waals surface area contributed by atoms with Crippen molar-refractivity contribution in [3.63, 3.8) is 0 Å². The summed E-state index contributed by atoms with van der Waals surface area (Å²) in [5, 5.41) is 11.1. The maximum absolute atomic E-state index is 11.6. The van der Waals surface area contributed by atoms with Gasteiger partial charge in [0.15, 0.2) is 21.3 Å². The number of nitro benzene ring substituents is 1. The van der Waals surface area contributed by atoms with Gasteiger partial charge in [0.1, 0.15) is 0 Å². The second kappa shape index (κ2) is 11.6. The van der Waals surface area contributed by atoms with Crippen LogP contribution in [0.5, 0.6) is 0 Å². The third-order valence-corrected chi connectivity index (χ3v) is 7.84. The molecule has 0 fully saturated rings. The minimum atomic E-state index is -0.481. The SMILES string of the molecule is CCOC(=O)c1cn2cc(-c3ccccc3[N+](=O)[O-])sc2n1.COC(=O)c1cn2cc(-c3ccccc3N)sc2n1. The molecule has 0 aliphatic rings. The Labute approximate surface area is 240 Å². The number of nitrogen functional groups attached to an aromatic ring is 1. The molecule has 0 atom stereocenters. The van der Waals surface area contributed by atoms with Crippen LogP contribution in [0, 0.1) is 10.1 Å². The lowest BCUT2D eigenvalue weighted by atomic mass is 10.1. The first-order valence-electron chi connectivity index (χ1n) is 12.1. The minimum Gasteiger partial charge on any atom is -0.464 e. The van der Waals surface area contributed by atoms with E-state index in [1.165, 1.54) is 35.8 Å². The summed E-state index contributed by atoms with van der Waals surface area (Å²) < 4.78 is 13.0. The molecule has 0 aliphatic heterocycles. The number of imidazole rings is 2. The molecule has 0 spiro atoms. The van der Waals surface area contributed by atoms with Crippen LogP contribution in [0.15, 0.2) is 73.3 Å². The third kappa shape index (κ3) is 5.64. The average molecular weight is 591 g/mol. The molecular weight excluding hydrogens is 568 g/mol. The minimum absolute atomic E-state index is 0.0395. The van der Waals surface area contributed by atoms with Crippen LogP contribution in [0.2, 0.25) is 0 Å². The maximum atomic E-state index is 11.6. The van der Waals surface area contributed by atoms with Gasteiger partial charge in [-0.25, -0.2) is 19.6 Å². The maximum Gasteiger partial charge on any atom is 0.358 e. The number of hydrogen-bond donors (Lipinski definition) is 1. The molecule has 0 aliphatic carbocycles. The zero-order valence-electron chi connectivity index (χ0n) is 21.7.